The fourth-order valence-electron chi connectivity index (χ4n) is 1.69. The van der Waals surface area contributed by atoms with Crippen LogP contribution in [-0.4, -0.2) is 0 Å². The second-order valence-electron chi connectivity index (χ2n) is 4.17. The Balaban J connectivity index is 2.13. The number of anilines is 2. The largest absolute Gasteiger partial charge is 0.397 e. The zero-order valence-electron chi connectivity index (χ0n) is 10.0. The highest BCUT2D eigenvalue weighted by atomic mass is 79.9. The van der Waals surface area contributed by atoms with Crippen LogP contribution in [0.15, 0.2) is 40.9 Å². The highest BCUT2D eigenvalue weighted by molar-refractivity contribution is 9.10. The van der Waals surface area contributed by atoms with Crippen LogP contribution >= 0.6 is 27.5 Å². The van der Waals surface area contributed by atoms with Gasteiger partial charge in [-0.25, -0.2) is 0 Å². The number of nitrogens with two attached hydrogens (primary N) is 1. The van der Waals surface area contributed by atoms with Gasteiger partial charge in [0, 0.05) is 16.0 Å². The van der Waals surface area contributed by atoms with E-state index < -0.39 is 0 Å². The van der Waals surface area contributed by atoms with Gasteiger partial charge in [0.25, 0.3) is 0 Å². The predicted molar refractivity (Wildman–Crippen MR) is 82.1 cm³/mol. The summed E-state index contributed by atoms with van der Waals surface area (Å²) in [4.78, 5) is 0. The average Bonchev–Trinajstić information content (AvgIpc) is 2.32. The van der Waals surface area contributed by atoms with Crippen molar-refractivity contribution in [2.75, 3.05) is 11.1 Å². The molecule has 2 aromatic carbocycles. The van der Waals surface area contributed by atoms with Crippen LogP contribution in [-0.2, 0) is 6.54 Å². The van der Waals surface area contributed by atoms with Crippen molar-refractivity contribution in [3.63, 3.8) is 0 Å². The fourth-order valence-corrected chi connectivity index (χ4v) is 2.31. The number of halogens is 2. The Morgan fingerprint density at radius 3 is 2.78 bits per heavy atom. The molecule has 2 aromatic rings. The van der Waals surface area contributed by atoms with Crippen LogP contribution in [0.4, 0.5) is 11.4 Å². The summed E-state index contributed by atoms with van der Waals surface area (Å²) in [7, 11) is 0. The van der Waals surface area contributed by atoms with Crippen molar-refractivity contribution in [1.82, 2.24) is 0 Å². The van der Waals surface area contributed by atoms with Crippen molar-refractivity contribution in [2.45, 2.75) is 13.5 Å². The van der Waals surface area contributed by atoms with Gasteiger partial charge in [0.1, 0.15) is 0 Å². The fraction of sp³-hybridized carbons (Fsp3) is 0.143. The molecule has 0 saturated heterocycles. The Hall–Kier alpha value is -1.19. The molecule has 0 heterocycles. The molecule has 0 bridgehead atoms. The van der Waals surface area contributed by atoms with Crippen LogP contribution in [0.5, 0.6) is 0 Å². The lowest BCUT2D eigenvalue weighted by Gasteiger charge is -2.11. The molecule has 3 N–H and O–H groups in total. The van der Waals surface area contributed by atoms with Crippen molar-refractivity contribution in [3.05, 3.63) is 57.0 Å². The molecule has 0 aliphatic heterocycles. The summed E-state index contributed by atoms with van der Waals surface area (Å²) in [6.07, 6.45) is 0. The topological polar surface area (TPSA) is 38.0 Å². The van der Waals surface area contributed by atoms with Crippen molar-refractivity contribution >= 4 is 38.9 Å². The van der Waals surface area contributed by atoms with Gasteiger partial charge in [-0.2, -0.15) is 0 Å². The van der Waals surface area contributed by atoms with Gasteiger partial charge in [-0.15, -0.1) is 0 Å². The number of benzene rings is 2. The number of nitrogens with one attached hydrogen (secondary N) is 1. The Morgan fingerprint density at radius 2 is 2.06 bits per heavy atom. The molecular formula is C14H14BrClN2. The Bertz CT molecular complexity index is 570. The molecular weight excluding hydrogens is 312 g/mol. The monoisotopic (exact) mass is 324 g/mol. The maximum atomic E-state index is 6.01. The number of rotatable bonds is 3. The molecule has 0 radical (unpaired) electrons. The summed E-state index contributed by atoms with van der Waals surface area (Å²) < 4.78 is 1.07. The normalized spacial score (nSPS) is 10.4. The summed E-state index contributed by atoms with van der Waals surface area (Å²) in [5, 5.41) is 4.01. The van der Waals surface area contributed by atoms with Crippen LogP contribution in [0.25, 0.3) is 0 Å². The first-order chi connectivity index (χ1) is 8.56. The van der Waals surface area contributed by atoms with E-state index >= 15 is 0 Å². The summed E-state index contributed by atoms with van der Waals surface area (Å²) >= 11 is 9.46. The minimum Gasteiger partial charge on any atom is -0.397 e. The molecule has 0 aliphatic rings. The molecule has 0 aromatic heterocycles. The molecule has 0 amide bonds. The van der Waals surface area contributed by atoms with Crippen LogP contribution < -0.4 is 11.1 Å². The second-order valence-corrected chi connectivity index (χ2v) is 5.49. The standard InChI is InChI=1S/C14H14BrClN2/c1-9-5-14(13(17)7-12(9)16)18-8-10-3-2-4-11(15)6-10/h2-7,18H,8,17H2,1H3. The van der Waals surface area contributed by atoms with Crippen molar-refractivity contribution in [3.8, 4) is 0 Å². The van der Waals surface area contributed by atoms with E-state index in [9.17, 15) is 0 Å². The Morgan fingerprint density at radius 1 is 1.28 bits per heavy atom. The van der Waals surface area contributed by atoms with E-state index in [2.05, 4.69) is 33.4 Å². The molecule has 0 saturated carbocycles. The van der Waals surface area contributed by atoms with E-state index in [4.69, 9.17) is 17.3 Å². The van der Waals surface area contributed by atoms with Crippen molar-refractivity contribution in [1.29, 1.82) is 0 Å². The third-order valence-electron chi connectivity index (χ3n) is 2.70. The van der Waals surface area contributed by atoms with E-state index in [-0.39, 0.29) is 0 Å². The third kappa shape index (κ3) is 3.18. The van der Waals surface area contributed by atoms with Gasteiger partial charge >= 0.3 is 0 Å². The Kier molecular flexibility index (Phi) is 4.15. The van der Waals surface area contributed by atoms with Gasteiger partial charge < -0.3 is 11.1 Å². The van der Waals surface area contributed by atoms with Gasteiger partial charge in [-0.05, 0) is 42.3 Å². The predicted octanol–water partition coefficient (Wildman–Crippen LogP) is 4.61. The maximum absolute atomic E-state index is 6.01. The number of aryl methyl sites for hydroxylation is 1. The molecule has 18 heavy (non-hydrogen) atoms. The number of nitrogen functional groups attached to an aromatic ring is 1. The van der Waals surface area contributed by atoms with Crippen molar-refractivity contribution < 1.29 is 0 Å². The quantitative estimate of drug-likeness (QED) is 0.809. The zero-order chi connectivity index (χ0) is 13.1. The van der Waals surface area contributed by atoms with Gasteiger partial charge in [0.05, 0.1) is 11.4 Å². The lowest BCUT2D eigenvalue weighted by Crippen LogP contribution is -2.03. The first-order valence-corrected chi connectivity index (χ1v) is 6.77. The SMILES string of the molecule is Cc1cc(NCc2cccc(Br)c2)c(N)cc1Cl. The molecule has 4 heteroatoms. The van der Waals surface area contributed by atoms with Crippen LogP contribution in [0, 0.1) is 6.92 Å². The third-order valence-corrected chi connectivity index (χ3v) is 3.60. The highest BCUT2D eigenvalue weighted by Gasteiger charge is 2.03. The summed E-state index contributed by atoms with van der Waals surface area (Å²) in [6, 6.07) is 11.9. The summed E-state index contributed by atoms with van der Waals surface area (Å²) in [6.45, 7) is 2.69. The smallest absolute Gasteiger partial charge is 0.0580 e. The Labute approximate surface area is 120 Å². The van der Waals surface area contributed by atoms with Crippen LogP contribution in [0.2, 0.25) is 5.02 Å². The lowest BCUT2D eigenvalue weighted by molar-refractivity contribution is 1.14. The van der Waals surface area contributed by atoms with Crippen LogP contribution in [0.1, 0.15) is 11.1 Å². The molecule has 0 aliphatic carbocycles. The van der Waals surface area contributed by atoms with Gasteiger partial charge in [0.15, 0.2) is 0 Å². The second kappa shape index (κ2) is 5.63. The summed E-state index contributed by atoms with van der Waals surface area (Å²) in [5.41, 5.74) is 9.72. The van der Waals surface area contributed by atoms with Crippen LogP contribution in [0.3, 0.4) is 0 Å². The van der Waals surface area contributed by atoms with Gasteiger partial charge in [-0.1, -0.05) is 39.7 Å². The van der Waals surface area contributed by atoms with E-state index in [1.54, 1.807) is 6.07 Å². The molecule has 0 atom stereocenters. The minimum atomic E-state index is 0.667. The van der Waals surface area contributed by atoms with E-state index in [1.807, 2.05) is 25.1 Å². The van der Waals surface area contributed by atoms with Crippen molar-refractivity contribution in [2.24, 2.45) is 0 Å². The minimum absolute atomic E-state index is 0.667. The molecule has 0 spiro atoms. The molecule has 94 valence electrons. The number of hydrogen-bond donors (Lipinski definition) is 2. The van der Waals surface area contributed by atoms with Gasteiger partial charge in [0.2, 0.25) is 0 Å². The first kappa shape index (κ1) is 13.2. The van der Waals surface area contributed by atoms with Gasteiger partial charge in [-0.3, -0.25) is 0 Å². The molecule has 2 nitrogen and oxygen atoms in total. The molecule has 0 unspecified atom stereocenters. The molecule has 0 fully saturated rings. The number of hydrogen-bond acceptors (Lipinski definition) is 2. The highest BCUT2D eigenvalue weighted by Crippen LogP contribution is 2.27. The van der Waals surface area contributed by atoms with E-state index in [0.29, 0.717) is 10.7 Å². The first-order valence-electron chi connectivity index (χ1n) is 5.60. The van der Waals surface area contributed by atoms with E-state index in [0.717, 1.165) is 22.3 Å². The zero-order valence-corrected chi connectivity index (χ0v) is 12.3. The molecule has 2 rings (SSSR count). The lowest BCUT2D eigenvalue weighted by atomic mass is 10.1. The summed E-state index contributed by atoms with van der Waals surface area (Å²) in [5.74, 6) is 0. The average molecular weight is 326 g/mol. The van der Waals surface area contributed by atoms with E-state index in [1.165, 1.54) is 5.56 Å². The maximum Gasteiger partial charge on any atom is 0.0580 e.